The van der Waals surface area contributed by atoms with Crippen LogP contribution in [0.5, 0.6) is 0 Å². The first-order chi connectivity index (χ1) is 63.8. The quantitative estimate of drug-likeness (QED) is 0.111. The fourth-order valence-corrected chi connectivity index (χ4v) is 20.8. The molecule has 0 fully saturated rings. The van der Waals surface area contributed by atoms with E-state index in [0.29, 0.717) is 23.3 Å². The van der Waals surface area contributed by atoms with Crippen molar-refractivity contribution in [2.24, 2.45) is 0 Å². The van der Waals surface area contributed by atoms with Crippen LogP contribution < -0.4 is 0 Å². The Morgan fingerprint density at radius 1 is 0.240 bits per heavy atom. The smallest absolute Gasteiger partial charge is 0.164 e. The van der Waals surface area contributed by atoms with Gasteiger partial charge in [-0.15, -0.1) is 11.3 Å². The molecular weight excluding hydrogens is 1590 g/mol. The zero-order valence-corrected chi connectivity index (χ0v) is 70.3. The number of hydrogen-bond acceptors (Lipinski definition) is 10. The normalized spacial score (nSPS) is 11.9. The van der Waals surface area contributed by atoms with Crippen LogP contribution >= 0.6 is 11.3 Å². The number of rotatable bonds is 13. The average molecular weight is 1660 g/mol. The zero-order valence-electron chi connectivity index (χ0n) is 69.5. The van der Waals surface area contributed by atoms with Crippen molar-refractivity contribution in [3.8, 4) is 141 Å². The largest absolute Gasteiger partial charge is 0.454 e. The Bertz CT molecular complexity index is 9130. The maximum Gasteiger partial charge on any atom is 0.164 e. The molecule has 8 aromatic heterocycles. The minimum atomic E-state index is 0.572. The summed E-state index contributed by atoms with van der Waals surface area (Å²) in [5.74, 6) is 2.40. The van der Waals surface area contributed by atoms with Gasteiger partial charge in [0, 0.05) is 113 Å². The average Bonchev–Trinajstić information content (AvgIpc) is 1.62. The fraction of sp³-hybridized carbons (Fsp3) is 0.00847. The van der Waals surface area contributed by atoms with Crippen LogP contribution in [-0.2, 0) is 0 Å². The molecule has 0 saturated heterocycles. The molecule has 0 N–H and O–H groups in total. The highest BCUT2D eigenvalue weighted by atomic mass is 32.1. The minimum absolute atomic E-state index is 0.572. The van der Waals surface area contributed by atoms with E-state index >= 15 is 0 Å². The molecule has 0 aliphatic carbocycles. The van der Waals surface area contributed by atoms with Crippen molar-refractivity contribution in [1.29, 1.82) is 0 Å². The number of benzene rings is 18. The summed E-state index contributed by atoms with van der Waals surface area (Å²) in [6.07, 6.45) is 0. The van der Waals surface area contributed by atoms with Crippen molar-refractivity contribution in [3.63, 3.8) is 0 Å². The Balaban J connectivity index is 0.527. The lowest BCUT2D eigenvalue weighted by Gasteiger charge is -2.14. The SMILES string of the molecule is Cc1cc(-c2cc(-c3ccc(-c4cccc5c4sc4ccccc45)cc3)nc(-c3ccccc3)n2)ccc1-c1ccc2c(c1)nc(-c1cc(-c3ccc4c(c3)c3ccccc3n4-c3ccc(-c4nc(-c5ccccc5)nc(-c5ccc(-c6ccc7c(c6)nc(-c6cccc8ccccc68)c6oc8ccccc8c67)cc5)n4)cc3)cc3ccccc13)c1oc3ccccc3c12. The second-order valence-electron chi connectivity index (χ2n) is 33.4. The lowest BCUT2D eigenvalue weighted by Crippen LogP contribution is -2.00. The highest BCUT2D eigenvalue weighted by Gasteiger charge is 2.26. The van der Waals surface area contributed by atoms with Crippen LogP contribution in [0.2, 0.25) is 0 Å². The third-order valence-corrected chi connectivity index (χ3v) is 27.0. The van der Waals surface area contributed by atoms with Gasteiger partial charge in [0.25, 0.3) is 0 Å². The van der Waals surface area contributed by atoms with E-state index in [1.165, 1.54) is 31.3 Å². The number of para-hydroxylation sites is 3. The van der Waals surface area contributed by atoms with Crippen LogP contribution in [0, 0.1) is 6.92 Å². The highest BCUT2D eigenvalue weighted by molar-refractivity contribution is 7.26. The molecule has 600 valence electrons. The molecule has 0 aliphatic rings. The van der Waals surface area contributed by atoms with Gasteiger partial charge in [-0.25, -0.2) is 34.9 Å². The highest BCUT2D eigenvalue weighted by Crippen LogP contribution is 2.49. The molecule has 26 aromatic rings. The van der Waals surface area contributed by atoms with E-state index in [9.17, 15) is 0 Å². The first kappa shape index (κ1) is 73.5. The van der Waals surface area contributed by atoms with E-state index in [4.69, 9.17) is 43.7 Å². The Morgan fingerprint density at radius 3 is 1.39 bits per heavy atom. The van der Waals surface area contributed by atoms with Crippen molar-refractivity contribution >= 4 is 141 Å². The monoisotopic (exact) mass is 1660 g/mol. The summed E-state index contributed by atoms with van der Waals surface area (Å²) in [5.41, 5.74) is 28.9. The van der Waals surface area contributed by atoms with Crippen LogP contribution in [0.1, 0.15) is 5.56 Å². The van der Waals surface area contributed by atoms with Gasteiger partial charge in [0.05, 0.1) is 33.5 Å². The Hall–Kier alpha value is -17.0. The van der Waals surface area contributed by atoms with Gasteiger partial charge >= 0.3 is 0 Å². The van der Waals surface area contributed by atoms with E-state index in [0.717, 1.165) is 221 Å². The van der Waals surface area contributed by atoms with Gasteiger partial charge < -0.3 is 13.4 Å². The molecule has 0 unspecified atom stereocenters. The van der Waals surface area contributed by atoms with Crippen molar-refractivity contribution in [1.82, 2.24) is 39.5 Å². The molecule has 0 radical (unpaired) electrons. The van der Waals surface area contributed by atoms with Gasteiger partial charge in [-0.2, -0.15) is 0 Å². The van der Waals surface area contributed by atoms with Crippen LogP contribution in [0.4, 0.5) is 0 Å². The summed E-state index contributed by atoms with van der Waals surface area (Å²) in [7, 11) is 0. The standard InChI is InChI=1S/C118H70N8O2S/c1-69-62-82(100-68-99(121-115(122-100)74-23-4-2-5-24-74)73-46-44-72(45-47-73)88-35-21-37-92-90-32-15-19-41-107(90)129-114(88)92)54-58-85(69)81-53-60-94-102(67-81)120-111(113-109(94)96-34-14-18-40-106(96)128-113)98-65-83(63-80-27-9-11-30-87(80)98)78-55-61-104-97(64-78)89-31-12-16-38-103(89)126(104)84-56-50-77(51-57-84)118-124-116(75-25-6-3-7-26-75)123-117(125-118)76-48-42-70(43-49-76)79-52-59-93-101(66-79)119-110(91-36-20-28-71-22-8-10-29-86(71)91)112-108(93)95-33-13-17-39-105(95)127-112/h2-68H,1H3. The second-order valence-corrected chi connectivity index (χ2v) is 34.4. The van der Waals surface area contributed by atoms with Gasteiger partial charge in [-0.05, 0) is 176 Å². The van der Waals surface area contributed by atoms with E-state index in [1.807, 2.05) is 78.1 Å². The summed E-state index contributed by atoms with van der Waals surface area (Å²) in [4.78, 5) is 37.4. The first-order valence-corrected chi connectivity index (χ1v) is 44.3. The molecule has 10 nitrogen and oxygen atoms in total. The third-order valence-electron chi connectivity index (χ3n) is 25.8. The number of aryl methyl sites for hydroxylation is 1. The van der Waals surface area contributed by atoms with Crippen molar-refractivity contribution in [2.45, 2.75) is 6.92 Å². The molecular formula is C118H70N8O2S. The van der Waals surface area contributed by atoms with Crippen LogP contribution in [0.3, 0.4) is 0 Å². The number of fused-ring (bicyclic) bond motifs is 18. The van der Waals surface area contributed by atoms with E-state index in [2.05, 4.69) is 351 Å². The van der Waals surface area contributed by atoms with Crippen LogP contribution in [0.25, 0.3) is 270 Å². The number of thiophene rings is 1. The molecule has 129 heavy (non-hydrogen) atoms. The molecule has 11 heteroatoms. The molecule has 0 spiro atoms. The third kappa shape index (κ3) is 12.3. The summed E-state index contributed by atoms with van der Waals surface area (Å²) in [6, 6.07) is 144. The van der Waals surface area contributed by atoms with Gasteiger partial charge in [-0.1, -0.05) is 309 Å². The lowest BCUT2D eigenvalue weighted by atomic mass is 9.92. The van der Waals surface area contributed by atoms with E-state index < -0.39 is 0 Å². The lowest BCUT2D eigenvalue weighted by molar-refractivity contribution is 0.668. The van der Waals surface area contributed by atoms with E-state index in [-0.39, 0.29) is 0 Å². The maximum absolute atomic E-state index is 7.05. The maximum atomic E-state index is 7.05. The predicted molar refractivity (Wildman–Crippen MR) is 533 cm³/mol. The van der Waals surface area contributed by atoms with Crippen LogP contribution in [0.15, 0.2) is 415 Å². The summed E-state index contributed by atoms with van der Waals surface area (Å²) < 4.78 is 18.7. The van der Waals surface area contributed by atoms with Crippen molar-refractivity contribution in [2.75, 3.05) is 0 Å². The number of aromatic nitrogens is 8. The topological polar surface area (TPSA) is 121 Å². The molecule has 0 amide bonds. The molecule has 0 aliphatic heterocycles. The van der Waals surface area contributed by atoms with Crippen molar-refractivity contribution < 1.29 is 8.83 Å². The fourth-order valence-electron chi connectivity index (χ4n) is 19.5. The number of nitrogens with zero attached hydrogens (tertiary/aromatic N) is 8. The van der Waals surface area contributed by atoms with Gasteiger partial charge in [0.15, 0.2) is 34.5 Å². The Morgan fingerprint density at radius 2 is 0.705 bits per heavy atom. The predicted octanol–water partition coefficient (Wildman–Crippen LogP) is 31.6. The van der Waals surface area contributed by atoms with Crippen molar-refractivity contribution in [3.05, 3.63) is 412 Å². The summed E-state index contributed by atoms with van der Waals surface area (Å²) >= 11 is 1.85. The molecule has 18 aromatic carbocycles. The number of pyridine rings is 2. The minimum Gasteiger partial charge on any atom is -0.454 e. The van der Waals surface area contributed by atoms with Gasteiger partial charge in [-0.3, -0.25) is 0 Å². The first-order valence-electron chi connectivity index (χ1n) is 43.4. The Kier molecular flexibility index (Phi) is 16.9. The molecule has 0 bridgehead atoms. The summed E-state index contributed by atoms with van der Waals surface area (Å²) in [6.45, 7) is 2.19. The van der Waals surface area contributed by atoms with E-state index in [1.54, 1.807) is 0 Å². The molecule has 0 atom stereocenters. The van der Waals surface area contributed by atoms with Gasteiger partial charge in [0.1, 0.15) is 22.6 Å². The second kappa shape index (κ2) is 29.6. The summed E-state index contributed by atoms with van der Waals surface area (Å²) in [5, 5.41) is 15.5. The Labute approximate surface area is 743 Å². The van der Waals surface area contributed by atoms with Crippen LogP contribution in [-0.4, -0.2) is 39.5 Å². The molecule has 26 rings (SSSR count). The zero-order chi connectivity index (χ0) is 84.9. The number of furan rings is 2. The molecule has 8 heterocycles. The number of hydrogen-bond donors (Lipinski definition) is 0. The van der Waals surface area contributed by atoms with Gasteiger partial charge in [0.2, 0.25) is 0 Å². The molecule has 0 saturated carbocycles.